The molecule has 1 saturated carbocycles. The number of hydrogen-bond donors (Lipinski definition) is 1. The first-order valence-electron chi connectivity index (χ1n) is 6.07. The van der Waals surface area contributed by atoms with E-state index >= 15 is 0 Å². The third kappa shape index (κ3) is 2.63. The molecule has 1 aliphatic rings. The van der Waals surface area contributed by atoms with Crippen molar-refractivity contribution in [1.82, 2.24) is 5.32 Å². The van der Waals surface area contributed by atoms with E-state index in [1.54, 1.807) is 6.26 Å². The summed E-state index contributed by atoms with van der Waals surface area (Å²) in [7, 11) is 0. The fourth-order valence-corrected chi connectivity index (χ4v) is 2.50. The maximum absolute atomic E-state index is 5.41. The van der Waals surface area contributed by atoms with Gasteiger partial charge < -0.3 is 9.73 Å². The lowest BCUT2D eigenvalue weighted by molar-refractivity contribution is 0.253. The molecule has 15 heavy (non-hydrogen) atoms. The van der Waals surface area contributed by atoms with E-state index in [1.807, 2.05) is 12.1 Å². The quantitative estimate of drug-likeness (QED) is 0.820. The summed E-state index contributed by atoms with van der Waals surface area (Å²) in [5.41, 5.74) is 0. The van der Waals surface area contributed by atoms with E-state index in [2.05, 4.69) is 19.2 Å². The minimum Gasteiger partial charge on any atom is -0.468 e. The van der Waals surface area contributed by atoms with Gasteiger partial charge in [0.2, 0.25) is 0 Å². The molecule has 0 amide bonds. The van der Waals surface area contributed by atoms with Gasteiger partial charge in [0.1, 0.15) is 5.76 Å². The smallest absolute Gasteiger partial charge is 0.120 e. The highest BCUT2D eigenvalue weighted by atomic mass is 16.3. The topological polar surface area (TPSA) is 25.2 Å². The van der Waals surface area contributed by atoms with E-state index in [0.717, 1.165) is 11.7 Å². The van der Waals surface area contributed by atoms with Gasteiger partial charge in [0.15, 0.2) is 0 Å². The Morgan fingerprint density at radius 3 is 2.87 bits per heavy atom. The lowest BCUT2D eigenvalue weighted by atomic mass is 9.85. The molecule has 0 radical (unpaired) electrons. The summed E-state index contributed by atoms with van der Waals surface area (Å²) in [6, 6.07) is 5.01. The highest BCUT2D eigenvalue weighted by Crippen LogP contribution is 2.26. The fraction of sp³-hybridized carbons (Fsp3) is 0.692. The predicted octanol–water partition coefficient (Wildman–Crippen LogP) is 3.51. The van der Waals surface area contributed by atoms with Crippen LogP contribution in [0.1, 0.15) is 51.3 Å². The summed E-state index contributed by atoms with van der Waals surface area (Å²) in [6.07, 6.45) is 7.19. The van der Waals surface area contributed by atoms with Crippen molar-refractivity contribution in [2.45, 2.75) is 51.6 Å². The van der Waals surface area contributed by atoms with Gasteiger partial charge in [-0.15, -0.1) is 0 Å². The van der Waals surface area contributed by atoms with Crippen LogP contribution in [0.2, 0.25) is 0 Å². The maximum Gasteiger partial charge on any atom is 0.120 e. The molecule has 2 heteroatoms. The summed E-state index contributed by atoms with van der Waals surface area (Å²) in [5.74, 6) is 1.85. The Balaban J connectivity index is 1.90. The predicted molar refractivity (Wildman–Crippen MR) is 61.7 cm³/mol. The summed E-state index contributed by atoms with van der Waals surface area (Å²) < 4.78 is 5.41. The van der Waals surface area contributed by atoms with E-state index < -0.39 is 0 Å². The van der Waals surface area contributed by atoms with Gasteiger partial charge in [-0.25, -0.2) is 0 Å². The average Bonchev–Trinajstić information content (AvgIpc) is 2.74. The summed E-state index contributed by atoms with van der Waals surface area (Å²) in [5, 5.41) is 3.68. The van der Waals surface area contributed by atoms with Crippen LogP contribution in [0.15, 0.2) is 22.8 Å². The second-order valence-electron chi connectivity index (χ2n) is 4.77. The third-order valence-electron chi connectivity index (χ3n) is 3.55. The number of nitrogens with one attached hydrogen (secondary N) is 1. The Labute approximate surface area is 92.1 Å². The molecular weight excluding hydrogens is 186 g/mol. The highest BCUT2D eigenvalue weighted by molar-refractivity contribution is 5.03. The minimum absolute atomic E-state index is 0.338. The fourth-order valence-electron chi connectivity index (χ4n) is 2.50. The highest BCUT2D eigenvalue weighted by Gasteiger charge is 2.23. The minimum atomic E-state index is 0.338. The summed E-state index contributed by atoms with van der Waals surface area (Å²) >= 11 is 0. The Kier molecular flexibility index (Phi) is 3.47. The molecular formula is C13H21NO. The van der Waals surface area contributed by atoms with Gasteiger partial charge in [0, 0.05) is 6.04 Å². The molecule has 1 fully saturated rings. The zero-order valence-electron chi connectivity index (χ0n) is 9.70. The first-order chi connectivity index (χ1) is 7.27. The van der Waals surface area contributed by atoms with Gasteiger partial charge in [-0.2, -0.15) is 0 Å². The van der Waals surface area contributed by atoms with Gasteiger partial charge in [-0.1, -0.05) is 19.8 Å². The van der Waals surface area contributed by atoms with Crippen LogP contribution in [-0.2, 0) is 0 Å². The van der Waals surface area contributed by atoms with Crippen molar-refractivity contribution < 1.29 is 4.42 Å². The lowest BCUT2D eigenvalue weighted by Crippen LogP contribution is -2.38. The average molecular weight is 207 g/mol. The van der Waals surface area contributed by atoms with Crippen molar-refractivity contribution in [3.63, 3.8) is 0 Å². The molecule has 0 saturated heterocycles. The molecule has 0 spiro atoms. The zero-order chi connectivity index (χ0) is 10.7. The van der Waals surface area contributed by atoms with Crippen molar-refractivity contribution in [3.05, 3.63) is 24.2 Å². The van der Waals surface area contributed by atoms with E-state index in [9.17, 15) is 0 Å². The molecule has 1 heterocycles. The third-order valence-corrected chi connectivity index (χ3v) is 3.55. The Morgan fingerprint density at radius 2 is 2.20 bits per heavy atom. The molecule has 0 aromatic carbocycles. The SMILES string of the molecule is C[C@H](N[C@@H]1CCCC[C@@H]1C)c1ccco1. The largest absolute Gasteiger partial charge is 0.468 e. The molecule has 2 rings (SSSR count). The molecule has 3 atom stereocenters. The second kappa shape index (κ2) is 4.84. The Bertz CT molecular complexity index is 281. The Hall–Kier alpha value is -0.760. The van der Waals surface area contributed by atoms with Crippen molar-refractivity contribution in [1.29, 1.82) is 0 Å². The summed E-state index contributed by atoms with van der Waals surface area (Å²) in [6.45, 7) is 4.53. The van der Waals surface area contributed by atoms with Crippen LogP contribution < -0.4 is 5.32 Å². The van der Waals surface area contributed by atoms with Gasteiger partial charge in [0.05, 0.1) is 12.3 Å². The van der Waals surface area contributed by atoms with E-state index in [1.165, 1.54) is 25.7 Å². The molecule has 0 bridgehead atoms. The number of furan rings is 1. The van der Waals surface area contributed by atoms with E-state index in [-0.39, 0.29) is 0 Å². The lowest BCUT2D eigenvalue weighted by Gasteiger charge is -2.31. The monoisotopic (exact) mass is 207 g/mol. The van der Waals surface area contributed by atoms with Crippen LogP contribution in [0, 0.1) is 5.92 Å². The molecule has 1 aliphatic carbocycles. The second-order valence-corrected chi connectivity index (χ2v) is 4.77. The van der Waals surface area contributed by atoms with Crippen LogP contribution >= 0.6 is 0 Å². The molecule has 1 aromatic rings. The van der Waals surface area contributed by atoms with Gasteiger partial charge in [-0.3, -0.25) is 0 Å². The van der Waals surface area contributed by atoms with Crippen molar-refractivity contribution in [2.75, 3.05) is 0 Å². The van der Waals surface area contributed by atoms with Crippen LogP contribution in [-0.4, -0.2) is 6.04 Å². The van der Waals surface area contributed by atoms with Gasteiger partial charge >= 0.3 is 0 Å². The van der Waals surface area contributed by atoms with E-state index in [0.29, 0.717) is 12.1 Å². The van der Waals surface area contributed by atoms with Crippen molar-refractivity contribution in [3.8, 4) is 0 Å². The first kappa shape index (κ1) is 10.7. The van der Waals surface area contributed by atoms with Gasteiger partial charge in [-0.05, 0) is 37.8 Å². The van der Waals surface area contributed by atoms with E-state index in [4.69, 9.17) is 4.42 Å². The van der Waals surface area contributed by atoms with Crippen LogP contribution in [0.5, 0.6) is 0 Å². The molecule has 1 aromatic heterocycles. The maximum atomic E-state index is 5.41. The van der Waals surface area contributed by atoms with Crippen LogP contribution in [0.4, 0.5) is 0 Å². The van der Waals surface area contributed by atoms with Gasteiger partial charge in [0.25, 0.3) is 0 Å². The molecule has 0 unspecified atom stereocenters. The number of hydrogen-bond acceptors (Lipinski definition) is 2. The zero-order valence-corrected chi connectivity index (χ0v) is 9.70. The standard InChI is InChI=1S/C13H21NO/c1-10-6-3-4-7-12(10)14-11(2)13-8-5-9-15-13/h5,8-12,14H,3-4,6-7H2,1-2H3/t10-,11-,12+/m0/s1. The Morgan fingerprint density at radius 1 is 1.40 bits per heavy atom. The molecule has 0 aliphatic heterocycles. The molecule has 1 N–H and O–H groups in total. The molecule has 84 valence electrons. The van der Waals surface area contributed by atoms with Crippen LogP contribution in [0.25, 0.3) is 0 Å². The normalized spacial score (nSPS) is 28.9. The van der Waals surface area contributed by atoms with Crippen LogP contribution in [0.3, 0.4) is 0 Å². The van der Waals surface area contributed by atoms with Crippen molar-refractivity contribution >= 4 is 0 Å². The number of rotatable bonds is 3. The summed E-state index contributed by atoms with van der Waals surface area (Å²) in [4.78, 5) is 0. The van der Waals surface area contributed by atoms with Crippen molar-refractivity contribution in [2.24, 2.45) is 5.92 Å². The first-order valence-corrected chi connectivity index (χ1v) is 6.07. The molecule has 2 nitrogen and oxygen atoms in total.